The second-order valence-corrected chi connectivity index (χ2v) is 6.42. The zero-order valence-electron chi connectivity index (χ0n) is 14.0. The summed E-state index contributed by atoms with van der Waals surface area (Å²) in [5.41, 5.74) is 5.77. The van der Waals surface area contributed by atoms with E-state index in [-0.39, 0.29) is 52.8 Å². The Morgan fingerprint density at radius 3 is 2.59 bits per heavy atom. The van der Waals surface area contributed by atoms with Crippen molar-refractivity contribution in [1.29, 1.82) is 0 Å². The van der Waals surface area contributed by atoms with Crippen LogP contribution in [0.3, 0.4) is 0 Å². The Bertz CT molecular complexity index is 880. The van der Waals surface area contributed by atoms with Crippen molar-refractivity contribution in [2.45, 2.75) is 18.6 Å². The highest BCUT2D eigenvalue weighted by Crippen LogP contribution is 2.33. The molecule has 2 atom stereocenters. The lowest BCUT2D eigenvalue weighted by Gasteiger charge is -2.14. The predicted molar refractivity (Wildman–Crippen MR) is 103 cm³/mol. The summed E-state index contributed by atoms with van der Waals surface area (Å²) in [5.74, 6) is -1.89. The first-order chi connectivity index (χ1) is 12.4. The Balaban J connectivity index is 0.00000261. The molecule has 2 aromatic rings. The van der Waals surface area contributed by atoms with Gasteiger partial charge in [-0.05, 0) is 24.3 Å². The molecule has 144 valence electrons. The molecule has 4 N–H and O–H groups in total. The molecular weight excluding hydrogens is 399 g/mol. The van der Waals surface area contributed by atoms with E-state index in [1.54, 1.807) is 6.07 Å². The van der Waals surface area contributed by atoms with Gasteiger partial charge in [-0.3, -0.25) is 9.59 Å². The zero-order valence-corrected chi connectivity index (χ0v) is 15.5. The van der Waals surface area contributed by atoms with Gasteiger partial charge in [0.25, 0.3) is 0 Å². The first kappa shape index (κ1) is 21.1. The summed E-state index contributed by atoms with van der Waals surface area (Å²) >= 11 is 6.13. The van der Waals surface area contributed by atoms with E-state index < -0.39 is 29.8 Å². The van der Waals surface area contributed by atoms with E-state index in [2.05, 4.69) is 10.6 Å². The molecule has 9 heteroatoms. The fraction of sp³-hybridized carbons (Fsp3) is 0.222. The number of carbonyl (C=O) groups excluding carboxylic acids is 2. The number of anilines is 1. The molecule has 0 saturated carbocycles. The van der Waals surface area contributed by atoms with Crippen LogP contribution in [0.15, 0.2) is 36.4 Å². The summed E-state index contributed by atoms with van der Waals surface area (Å²) in [6.07, 6.45) is -1.06. The van der Waals surface area contributed by atoms with E-state index >= 15 is 0 Å². The molecule has 0 aliphatic carbocycles. The van der Waals surface area contributed by atoms with Crippen LogP contribution in [0.1, 0.15) is 16.8 Å². The smallest absolute Gasteiger partial charge is 0.248 e. The van der Waals surface area contributed by atoms with Crippen molar-refractivity contribution in [2.75, 3.05) is 11.9 Å². The molecule has 2 aromatic carbocycles. The van der Waals surface area contributed by atoms with Gasteiger partial charge in [-0.15, -0.1) is 12.4 Å². The molecule has 0 unspecified atom stereocenters. The minimum Gasteiger partial charge on any atom is -0.366 e. The Kier molecular flexibility index (Phi) is 6.75. The fourth-order valence-corrected chi connectivity index (χ4v) is 3.05. The lowest BCUT2D eigenvalue weighted by atomic mass is 10.0. The third-order valence-electron chi connectivity index (χ3n) is 4.19. The van der Waals surface area contributed by atoms with Crippen molar-refractivity contribution >= 4 is 41.5 Å². The standard InChI is InChI=1S/C18H16ClF2N3O2.ClH/c19-13-5-4-9(17(22)25)6-12(13)11-2-1-3-14(16(11)21)24-18(26)15-7-10(20)8-23-15;/h1-6,10,15,23H,7-8H2,(H2,22,25)(H,24,26);1H/t10-,15+;/m1./s1. The largest absolute Gasteiger partial charge is 0.366 e. The van der Waals surface area contributed by atoms with Crippen molar-refractivity contribution < 1.29 is 18.4 Å². The third-order valence-corrected chi connectivity index (χ3v) is 4.52. The number of benzene rings is 2. The number of alkyl halides is 1. The summed E-state index contributed by atoms with van der Waals surface area (Å²) in [4.78, 5) is 23.5. The summed E-state index contributed by atoms with van der Waals surface area (Å²) < 4.78 is 28.1. The van der Waals surface area contributed by atoms with Gasteiger partial charge in [0.15, 0.2) is 5.82 Å². The first-order valence-electron chi connectivity index (χ1n) is 7.93. The minimum absolute atomic E-state index is 0. The Morgan fingerprint density at radius 2 is 1.96 bits per heavy atom. The van der Waals surface area contributed by atoms with Crippen LogP contribution in [0.25, 0.3) is 11.1 Å². The average molecular weight is 416 g/mol. The Labute approximate surface area is 165 Å². The second-order valence-electron chi connectivity index (χ2n) is 6.01. The summed E-state index contributed by atoms with van der Waals surface area (Å²) in [6, 6.07) is 7.98. The van der Waals surface area contributed by atoms with Crippen LogP contribution in [0.2, 0.25) is 5.02 Å². The number of nitrogens with two attached hydrogens (primary N) is 1. The van der Waals surface area contributed by atoms with Gasteiger partial charge in [-0.1, -0.05) is 23.7 Å². The van der Waals surface area contributed by atoms with Gasteiger partial charge in [0.1, 0.15) is 6.17 Å². The highest BCUT2D eigenvalue weighted by atomic mass is 35.5. The van der Waals surface area contributed by atoms with E-state index in [1.807, 2.05) is 0 Å². The summed E-state index contributed by atoms with van der Waals surface area (Å²) in [7, 11) is 0. The molecule has 3 rings (SSSR count). The average Bonchev–Trinajstić information content (AvgIpc) is 3.04. The number of halogens is 4. The highest BCUT2D eigenvalue weighted by Gasteiger charge is 2.29. The van der Waals surface area contributed by atoms with Gasteiger partial charge in [-0.2, -0.15) is 0 Å². The molecule has 1 aliphatic heterocycles. The van der Waals surface area contributed by atoms with Crippen LogP contribution in [-0.4, -0.2) is 30.6 Å². The Hall–Kier alpha value is -2.22. The van der Waals surface area contributed by atoms with Crippen LogP contribution >= 0.6 is 24.0 Å². The minimum atomic E-state index is -1.10. The van der Waals surface area contributed by atoms with E-state index in [0.717, 1.165) is 0 Å². The van der Waals surface area contributed by atoms with Crippen molar-refractivity contribution in [1.82, 2.24) is 5.32 Å². The number of hydrogen-bond acceptors (Lipinski definition) is 3. The monoisotopic (exact) mass is 415 g/mol. The van der Waals surface area contributed by atoms with Gasteiger partial charge >= 0.3 is 0 Å². The Morgan fingerprint density at radius 1 is 1.22 bits per heavy atom. The number of carbonyl (C=O) groups is 2. The van der Waals surface area contributed by atoms with Gasteiger partial charge < -0.3 is 16.4 Å². The molecule has 27 heavy (non-hydrogen) atoms. The molecule has 1 saturated heterocycles. The molecule has 0 radical (unpaired) electrons. The molecule has 0 bridgehead atoms. The molecular formula is C18H17Cl2F2N3O2. The van der Waals surface area contributed by atoms with E-state index in [1.165, 1.54) is 30.3 Å². The van der Waals surface area contributed by atoms with Crippen molar-refractivity contribution in [2.24, 2.45) is 5.73 Å². The highest BCUT2D eigenvalue weighted by molar-refractivity contribution is 6.33. The lowest BCUT2D eigenvalue weighted by Crippen LogP contribution is -2.35. The summed E-state index contributed by atoms with van der Waals surface area (Å²) in [5, 5.41) is 5.43. The van der Waals surface area contributed by atoms with Crippen LogP contribution < -0.4 is 16.4 Å². The molecule has 5 nitrogen and oxygen atoms in total. The molecule has 2 amide bonds. The van der Waals surface area contributed by atoms with Gasteiger partial charge in [0, 0.05) is 34.7 Å². The van der Waals surface area contributed by atoms with E-state index in [4.69, 9.17) is 17.3 Å². The van der Waals surface area contributed by atoms with Gasteiger partial charge in [0.2, 0.25) is 11.8 Å². The first-order valence-corrected chi connectivity index (χ1v) is 8.31. The third kappa shape index (κ3) is 4.55. The van der Waals surface area contributed by atoms with Crippen LogP contribution in [0.4, 0.5) is 14.5 Å². The van der Waals surface area contributed by atoms with Crippen LogP contribution in [0, 0.1) is 5.82 Å². The zero-order chi connectivity index (χ0) is 18.8. The molecule has 1 aliphatic rings. The second kappa shape index (κ2) is 8.65. The lowest BCUT2D eigenvalue weighted by molar-refractivity contribution is -0.117. The van der Waals surface area contributed by atoms with Gasteiger partial charge in [0.05, 0.1) is 11.7 Å². The fourth-order valence-electron chi connectivity index (χ4n) is 2.83. The number of nitrogens with one attached hydrogen (secondary N) is 2. The molecule has 0 spiro atoms. The SMILES string of the molecule is Cl.NC(=O)c1ccc(Cl)c(-c2cccc(NC(=O)[C@@H]3C[C@@H](F)CN3)c2F)c1. The van der Waals surface area contributed by atoms with Crippen molar-refractivity contribution in [3.8, 4) is 11.1 Å². The maximum absolute atomic E-state index is 14.9. The van der Waals surface area contributed by atoms with E-state index in [9.17, 15) is 18.4 Å². The quantitative estimate of drug-likeness (QED) is 0.715. The topological polar surface area (TPSA) is 84.2 Å². The number of rotatable bonds is 4. The molecule has 1 heterocycles. The van der Waals surface area contributed by atoms with Gasteiger partial charge in [-0.25, -0.2) is 8.78 Å². The van der Waals surface area contributed by atoms with Crippen molar-refractivity contribution in [3.63, 3.8) is 0 Å². The van der Waals surface area contributed by atoms with Crippen LogP contribution in [-0.2, 0) is 4.79 Å². The van der Waals surface area contributed by atoms with Crippen molar-refractivity contribution in [3.05, 3.63) is 52.8 Å². The number of primary amides is 1. The van der Waals surface area contributed by atoms with E-state index in [0.29, 0.717) is 0 Å². The summed E-state index contributed by atoms with van der Waals surface area (Å²) in [6.45, 7) is 0.0934. The maximum Gasteiger partial charge on any atom is 0.248 e. The normalized spacial score (nSPS) is 18.6. The molecule has 0 aromatic heterocycles. The van der Waals surface area contributed by atoms with Crippen LogP contribution in [0.5, 0.6) is 0 Å². The maximum atomic E-state index is 14.9. The molecule has 1 fully saturated rings. The predicted octanol–water partition coefficient (Wildman–Crippen LogP) is 3.31. The number of amides is 2. The number of hydrogen-bond donors (Lipinski definition) is 3.